The molecular weight excluding hydrogens is 1520 g/mol. The number of rotatable bonds is 17. The van der Waals surface area contributed by atoms with Crippen LogP contribution < -0.4 is 39.3 Å². The molecule has 9 fully saturated rings. The van der Waals surface area contributed by atoms with Crippen molar-refractivity contribution >= 4 is 115 Å². The van der Waals surface area contributed by atoms with Crippen molar-refractivity contribution in [2.45, 2.75) is 188 Å². The molecule has 0 aromatic heterocycles. The van der Waals surface area contributed by atoms with Crippen LogP contribution in [-0.2, 0) is 85.8 Å². The molecule has 2 N–H and O–H groups in total. The van der Waals surface area contributed by atoms with Gasteiger partial charge < -0.3 is 45.0 Å². The Kier molecular flexibility index (Phi) is 39.7. The Bertz CT molecular complexity index is 3370. The number of thiocarbonyl (C=S) groups is 1. The molecular formula is C85H120BNNaO19S2Se. The molecule has 0 bridgehead atoms. The van der Waals surface area contributed by atoms with Crippen molar-refractivity contribution in [3.63, 3.8) is 0 Å². The van der Waals surface area contributed by atoms with Gasteiger partial charge in [0.25, 0.3) is 0 Å². The largest absolute Gasteiger partial charge is 1.00 e. The van der Waals surface area contributed by atoms with Gasteiger partial charge in [-0.2, -0.15) is 0 Å². The summed E-state index contributed by atoms with van der Waals surface area (Å²) < 4.78 is 43.0. The van der Waals surface area contributed by atoms with E-state index in [-0.39, 0.29) is 215 Å². The standard InChI is InChI=1S/C17H20O3Se.C13H18O3S2.2C11H16O3.C11H14O3.C11H16O2.C10H15NO2.CH4.B.Na.H/c1-2-20-17(19)13-9-8-12-14(13)10-15(16(12)18)21-11-6-4-3-5-7-11;1-3-15-12(14)10-5-4-9-8(10)6-7-11(9)16-13(17)18-2;3*1-2-14-11(13)9-4-3-8-7(9)5-6-10(8)12;1-2-13-11(12)10-7-6-8-4-3-5-9(8)10;1-2-13-10(12)9-8-5-3-4-7(8)6-11-9;;;;/h3-7,12-15H,2,8-10H2,1H3;6-11H,3-5H2,1-2H3;7-9H,2-6H2,1H3;5-10,12H,2-4H2,1H3;5-9H,2-4H2,1H3;3,5,8-10H,2,4,6-7H2,1H3;3,5,7-9,11H,2,4,6H2,1H3;1H4;;;/q;;;;;;;;;+1;-1/t12-,13-,14-,15?;8-,9-,10-,11+;7-,8-,9-;7-,8-,9-,10+;7-,8-,9-;8-,9-,10-;7-,8-,9-;;;;/m0000000..../s1. The van der Waals surface area contributed by atoms with E-state index in [2.05, 4.69) is 47.8 Å². The van der Waals surface area contributed by atoms with Gasteiger partial charge in [-0.1, -0.05) is 67.8 Å². The summed E-state index contributed by atoms with van der Waals surface area (Å²) in [4.78, 5) is 117. The van der Waals surface area contributed by atoms with E-state index in [9.17, 15) is 53.1 Å². The summed E-state index contributed by atoms with van der Waals surface area (Å²) in [5, 5.41) is 12.8. The fourth-order valence-corrected chi connectivity index (χ4v) is 22.4. The number of hydrogen-bond donors (Lipinski definition) is 2. The summed E-state index contributed by atoms with van der Waals surface area (Å²) >= 11 is 6.72. The maximum Gasteiger partial charge on any atom is 1.00 e. The number of carbonyl (C=O) groups excluding carboxylic acids is 10. The summed E-state index contributed by atoms with van der Waals surface area (Å²) in [6.45, 7) is 17.0. The van der Waals surface area contributed by atoms with Crippen LogP contribution in [0.4, 0.5) is 0 Å². The second-order valence-electron chi connectivity index (χ2n) is 30.1. The molecule has 24 atom stereocenters. The Morgan fingerprint density at radius 1 is 0.500 bits per heavy atom. The number of aliphatic hydroxyl groups excluding tert-OH is 1. The van der Waals surface area contributed by atoms with Crippen LogP contribution in [0.2, 0.25) is 4.82 Å². The molecule has 0 spiro atoms. The number of esters is 7. The van der Waals surface area contributed by atoms with Crippen LogP contribution in [0.5, 0.6) is 0 Å². The van der Waals surface area contributed by atoms with Gasteiger partial charge in [0.15, 0.2) is 5.78 Å². The molecule has 0 amide bonds. The van der Waals surface area contributed by atoms with Gasteiger partial charge in [0.2, 0.25) is 4.38 Å². The number of hydrogen-bond acceptors (Lipinski definition) is 22. The molecule has 1 aromatic rings. The maximum absolute atomic E-state index is 12.6. The van der Waals surface area contributed by atoms with E-state index in [4.69, 9.17) is 50.1 Å². The summed E-state index contributed by atoms with van der Waals surface area (Å²) in [5.74, 6) is 4.69. The van der Waals surface area contributed by atoms with Crippen LogP contribution in [0, 0.1) is 118 Å². The van der Waals surface area contributed by atoms with Gasteiger partial charge in [-0.05, 0) is 204 Å². The van der Waals surface area contributed by atoms with Gasteiger partial charge >= 0.3 is 197 Å². The zero-order chi connectivity index (χ0) is 76.8. The number of nitrogens with one attached hydrogen (secondary N) is 1. The summed E-state index contributed by atoms with van der Waals surface area (Å²) in [6, 6.07) is 10.2. The minimum absolute atomic E-state index is 0. The van der Waals surface area contributed by atoms with E-state index in [1.807, 2.05) is 84.2 Å². The summed E-state index contributed by atoms with van der Waals surface area (Å²) in [7, 11) is 0. The quantitative estimate of drug-likeness (QED) is 0.0484. The molecule has 8 saturated carbocycles. The molecule has 1 saturated heterocycles. The molecule has 1 aliphatic heterocycles. The molecule has 110 heavy (non-hydrogen) atoms. The van der Waals surface area contributed by atoms with Crippen LogP contribution in [0.3, 0.4) is 0 Å². The first-order valence-corrected chi connectivity index (χ1v) is 43.2. The van der Waals surface area contributed by atoms with E-state index >= 15 is 0 Å². The van der Waals surface area contributed by atoms with Crippen LogP contribution >= 0.6 is 24.0 Å². The Hall–Kier alpha value is -5.04. The molecule has 25 heteroatoms. The van der Waals surface area contributed by atoms with E-state index in [1.165, 1.54) is 29.1 Å². The van der Waals surface area contributed by atoms with Crippen LogP contribution in [0.25, 0.3) is 0 Å². The van der Waals surface area contributed by atoms with E-state index in [0.717, 1.165) is 102 Å². The Labute approximate surface area is 694 Å². The minimum atomic E-state index is -0.348. The second kappa shape index (κ2) is 46.5. The van der Waals surface area contributed by atoms with Gasteiger partial charge in [-0.15, -0.1) is 0 Å². The number of thioether (sulfide) groups is 1. The SMILES string of the molecule is C.CCOC(=O)[C@H]1CC[C@@H]2C(=O)C([Se]c3ccccc3)C[C@H]12.CCOC(=O)[C@H]1CC[C@@H]2C(=O)C=C[C@@H]21.CCOC(=O)[C@H]1CC[C@@H]2C(=O)CC[C@@H]21.CCOC(=O)[C@H]1CC[C@@H]2CC=C[C@@H]21.CCOC(=O)[C@H]1CC[C@H]2[C@@H]1C=C[C@H]2O.CCOC(=O)[C@H]1CC[C@H]2[C@@H]1C=C[C@H]2OC(=S)SC.CCOC(=O)[C@H]1NC[C@@H]2CC=C[C@@H]21.[B].[H-].[Na+]. The predicted molar refractivity (Wildman–Crippen MR) is 423 cm³/mol. The van der Waals surface area contributed by atoms with Gasteiger partial charge in [-0.3, -0.25) is 38.4 Å². The summed E-state index contributed by atoms with van der Waals surface area (Å²) in [6.07, 6.45) is 37.4. The van der Waals surface area contributed by atoms with Crippen molar-refractivity contribution in [2.75, 3.05) is 59.0 Å². The zero-order valence-corrected chi connectivity index (χ0v) is 70.6. The number of Topliss-reactive ketones (excluding diaryl/α,β-unsaturated/α-hetero) is 2. The van der Waals surface area contributed by atoms with E-state index in [1.54, 1.807) is 19.1 Å². The topological polar surface area (TPSA) is 277 Å². The first-order chi connectivity index (χ1) is 51.7. The van der Waals surface area contributed by atoms with Crippen LogP contribution in [-0.4, -0.2) is 169 Å². The number of aliphatic hydroxyl groups is 1. The number of fused-ring (bicyclic) bond motifs is 7. The Balaban J connectivity index is 0.000000232. The van der Waals surface area contributed by atoms with Crippen LogP contribution in [0.1, 0.15) is 166 Å². The molecule has 20 nitrogen and oxygen atoms in total. The number of carbonyl (C=O) groups is 10. The average Bonchev–Trinajstić information content (AvgIpc) is 1.63. The first kappa shape index (κ1) is 93.8. The monoisotopic (exact) mass is 1640 g/mol. The van der Waals surface area contributed by atoms with Crippen LogP contribution in [0.15, 0.2) is 91.1 Å². The van der Waals surface area contributed by atoms with Gasteiger partial charge in [0.1, 0.15) is 17.9 Å². The molecule has 14 aliphatic rings. The van der Waals surface area contributed by atoms with E-state index < -0.39 is 0 Å². The van der Waals surface area contributed by atoms with Crippen molar-refractivity contribution < 1.29 is 122 Å². The maximum atomic E-state index is 12.6. The molecule has 1 unspecified atom stereocenters. The molecule has 15 rings (SSSR count). The third-order valence-corrected chi connectivity index (χ3v) is 28.1. The average molecular weight is 1640 g/mol. The normalized spacial score (nSPS) is 34.0. The van der Waals surface area contributed by atoms with Crippen molar-refractivity contribution in [3.05, 3.63) is 91.1 Å². The van der Waals surface area contributed by atoms with Gasteiger partial charge in [0.05, 0.1) is 75.3 Å². The number of benzene rings is 1. The molecule has 601 valence electrons. The van der Waals surface area contributed by atoms with Gasteiger partial charge in [0, 0.05) is 44.4 Å². The molecule has 13 aliphatic carbocycles. The predicted octanol–water partition coefficient (Wildman–Crippen LogP) is 9.02. The number of ether oxygens (including phenoxy) is 8. The third kappa shape index (κ3) is 23.6. The van der Waals surface area contributed by atoms with Crippen molar-refractivity contribution in [2.24, 2.45) is 118 Å². The second-order valence-corrected chi connectivity index (χ2v) is 34.2. The van der Waals surface area contributed by atoms with Gasteiger partial charge in [-0.25, -0.2) is 0 Å². The van der Waals surface area contributed by atoms with Crippen molar-refractivity contribution in [1.29, 1.82) is 0 Å². The fraction of sp³-hybridized carbons (Fsp3) is 0.682. The number of allylic oxidation sites excluding steroid dienone is 7. The smallest absolute Gasteiger partial charge is 1.00 e. The minimum Gasteiger partial charge on any atom is -1.00 e. The molecule has 1 heterocycles. The Morgan fingerprint density at radius 3 is 1.55 bits per heavy atom. The zero-order valence-electron chi connectivity index (χ0n) is 66.3. The van der Waals surface area contributed by atoms with Crippen molar-refractivity contribution in [1.82, 2.24) is 5.32 Å². The van der Waals surface area contributed by atoms with Crippen molar-refractivity contribution in [3.8, 4) is 0 Å². The summed E-state index contributed by atoms with van der Waals surface area (Å²) in [5.41, 5.74) is 0. The third-order valence-electron chi connectivity index (χ3n) is 24.4. The molecule has 3 radical (unpaired) electrons. The fourth-order valence-electron chi connectivity index (χ4n) is 19.4. The molecule has 1 aromatic carbocycles. The Morgan fingerprint density at radius 2 is 0.964 bits per heavy atom. The first-order valence-electron chi connectivity index (χ1n) is 39.8. The van der Waals surface area contributed by atoms with E-state index in [0.29, 0.717) is 98.2 Å². The number of ketones is 3.